The third kappa shape index (κ3) is 2.74. The summed E-state index contributed by atoms with van der Waals surface area (Å²) in [6.45, 7) is 0. The van der Waals surface area contributed by atoms with Crippen molar-refractivity contribution in [3.63, 3.8) is 0 Å². The zero-order valence-electron chi connectivity index (χ0n) is 11.2. The lowest BCUT2D eigenvalue weighted by Gasteiger charge is -2.13. The Hall–Kier alpha value is -2.22. The third-order valence-electron chi connectivity index (χ3n) is 3.25. The zero-order valence-corrected chi connectivity index (χ0v) is 12.8. The maximum Gasteiger partial charge on any atom is 0.417 e. The van der Waals surface area contributed by atoms with E-state index < -0.39 is 33.2 Å². The van der Waals surface area contributed by atoms with Crippen molar-refractivity contribution < 1.29 is 17.6 Å². The van der Waals surface area contributed by atoms with Crippen LogP contribution in [-0.4, -0.2) is 9.97 Å². The number of halogens is 5. The first-order chi connectivity index (χ1) is 10.8. The van der Waals surface area contributed by atoms with Gasteiger partial charge in [-0.25, -0.2) is 9.37 Å². The van der Waals surface area contributed by atoms with Crippen LogP contribution < -0.4 is 5.56 Å². The fourth-order valence-corrected chi connectivity index (χ4v) is 2.93. The Morgan fingerprint density at radius 1 is 1.09 bits per heavy atom. The van der Waals surface area contributed by atoms with Crippen molar-refractivity contribution in [3.8, 4) is 11.4 Å². The minimum atomic E-state index is -4.67. The van der Waals surface area contributed by atoms with Gasteiger partial charge in [-0.2, -0.15) is 13.2 Å². The summed E-state index contributed by atoms with van der Waals surface area (Å²) in [6.07, 6.45) is -4.67. The van der Waals surface area contributed by atoms with E-state index in [1.807, 2.05) is 0 Å². The van der Waals surface area contributed by atoms with Gasteiger partial charge in [0, 0.05) is 4.47 Å². The van der Waals surface area contributed by atoms with E-state index in [1.54, 1.807) is 12.1 Å². The number of aromatic amines is 1. The number of alkyl halides is 3. The van der Waals surface area contributed by atoms with Crippen LogP contribution in [0.5, 0.6) is 0 Å². The molecule has 0 unspecified atom stereocenters. The van der Waals surface area contributed by atoms with Crippen LogP contribution in [0.25, 0.3) is 22.3 Å². The van der Waals surface area contributed by atoms with Crippen LogP contribution in [0, 0.1) is 5.82 Å². The Bertz CT molecular complexity index is 966. The molecular weight excluding hydrogens is 380 g/mol. The molecule has 0 aliphatic rings. The summed E-state index contributed by atoms with van der Waals surface area (Å²) in [6, 6.07) is 7.60. The molecule has 0 spiro atoms. The van der Waals surface area contributed by atoms with Crippen molar-refractivity contribution in [2.75, 3.05) is 0 Å². The highest BCUT2D eigenvalue weighted by molar-refractivity contribution is 9.10. The Kier molecular flexibility index (Phi) is 3.71. The number of aromatic nitrogens is 2. The van der Waals surface area contributed by atoms with E-state index in [4.69, 9.17) is 0 Å². The fourth-order valence-electron chi connectivity index (χ4n) is 2.19. The zero-order chi connectivity index (χ0) is 16.8. The molecule has 1 heterocycles. The van der Waals surface area contributed by atoms with Crippen LogP contribution in [0.1, 0.15) is 5.56 Å². The lowest BCUT2D eigenvalue weighted by Crippen LogP contribution is -2.12. The van der Waals surface area contributed by atoms with Crippen LogP contribution in [0.3, 0.4) is 0 Å². The predicted octanol–water partition coefficient (Wildman–Crippen LogP) is 4.51. The predicted molar refractivity (Wildman–Crippen MR) is 80.5 cm³/mol. The van der Waals surface area contributed by atoms with Crippen molar-refractivity contribution in [1.82, 2.24) is 9.97 Å². The fraction of sp³-hybridized carbons (Fsp3) is 0.0667. The Morgan fingerprint density at radius 3 is 2.48 bits per heavy atom. The normalized spacial score (nSPS) is 11.9. The monoisotopic (exact) mass is 386 g/mol. The van der Waals surface area contributed by atoms with Gasteiger partial charge in [0.1, 0.15) is 11.6 Å². The number of nitrogens with one attached hydrogen (secondary N) is 1. The molecule has 0 fully saturated rings. The van der Waals surface area contributed by atoms with Gasteiger partial charge in [-0.15, -0.1) is 0 Å². The number of H-pyrrole nitrogens is 1. The quantitative estimate of drug-likeness (QED) is 0.625. The second-order valence-corrected chi connectivity index (χ2v) is 5.51. The van der Waals surface area contributed by atoms with Gasteiger partial charge in [-0.05, 0) is 40.2 Å². The summed E-state index contributed by atoms with van der Waals surface area (Å²) >= 11 is 2.77. The van der Waals surface area contributed by atoms with Crippen molar-refractivity contribution in [3.05, 3.63) is 62.6 Å². The number of hydrogen-bond donors (Lipinski definition) is 1. The molecule has 1 aromatic heterocycles. The number of benzene rings is 2. The second kappa shape index (κ2) is 5.45. The number of rotatable bonds is 1. The summed E-state index contributed by atoms with van der Waals surface area (Å²) in [5.74, 6) is -1.20. The molecule has 3 aromatic rings. The van der Waals surface area contributed by atoms with Gasteiger partial charge in [0.15, 0.2) is 0 Å². The lowest BCUT2D eigenvalue weighted by molar-refractivity contribution is -0.138. The van der Waals surface area contributed by atoms with Gasteiger partial charge >= 0.3 is 6.18 Å². The van der Waals surface area contributed by atoms with Crippen LogP contribution >= 0.6 is 15.9 Å². The van der Waals surface area contributed by atoms with Gasteiger partial charge in [-0.3, -0.25) is 4.79 Å². The Morgan fingerprint density at radius 2 is 1.78 bits per heavy atom. The molecule has 8 heteroatoms. The van der Waals surface area contributed by atoms with Gasteiger partial charge in [0.2, 0.25) is 0 Å². The van der Waals surface area contributed by atoms with Crippen molar-refractivity contribution in [2.24, 2.45) is 0 Å². The molecule has 2 aromatic carbocycles. The lowest BCUT2D eigenvalue weighted by atomic mass is 10.1. The smallest absolute Gasteiger partial charge is 0.306 e. The van der Waals surface area contributed by atoms with Crippen molar-refractivity contribution in [2.45, 2.75) is 6.18 Å². The minimum absolute atomic E-state index is 0.259. The van der Waals surface area contributed by atoms with Crippen LogP contribution in [-0.2, 0) is 6.18 Å². The van der Waals surface area contributed by atoms with Crippen LogP contribution in [0.15, 0.2) is 45.7 Å². The summed E-state index contributed by atoms with van der Waals surface area (Å²) in [7, 11) is 0. The van der Waals surface area contributed by atoms with Gasteiger partial charge in [0.25, 0.3) is 5.56 Å². The van der Waals surface area contributed by atoms with E-state index in [0.29, 0.717) is 12.1 Å². The SMILES string of the molecule is O=c1[nH]c(-c2c(F)ccc(C(F)(F)F)c2Br)nc2ccccc12. The summed E-state index contributed by atoms with van der Waals surface area (Å²) in [4.78, 5) is 18.4. The average Bonchev–Trinajstić information content (AvgIpc) is 2.46. The van der Waals surface area contributed by atoms with Crippen LogP contribution in [0.4, 0.5) is 17.6 Å². The molecule has 23 heavy (non-hydrogen) atoms. The molecule has 0 amide bonds. The average molecular weight is 387 g/mol. The molecule has 0 radical (unpaired) electrons. The van der Waals surface area contributed by atoms with E-state index in [0.717, 1.165) is 0 Å². The van der Waals surface area contributed by atoms with Gasteiger partial charge in [0.05, 0.1) is 22.0 Å². The summed E-state index contributed by atoms with van der Waals surface area (Å²) < 4.78 is 52.5. The molecule has 0 aliphatic carbocycles. The van der Waals surface area contributed by atoms with Gasteiger partial charge in [-0.1, -0.05) is 12.1 Å². The largest absolute Gasteiger partial charge is 0.417 e. The van der Waals surface area contributed by atoms with Gasteiger partial charge < -0.3 is 4.98 Å². The van der Waals surface area contributed by atoms with E-state index in [9.17, 15) is 22.4 Å². The summed E-state index contributed by atoms with van der Waals surface area (Å²) in [5.41, 5.74) is -1.79. The van der Waals surface area contributed by atoms with E-state index in [2.05, 4.69) is 25.9 Å². The highest BCUT2D eigenvalue weighted by Crippen LogP contribution is 2.40. The topological polar surface area (TPSA) is 45.8 Å². The molecule has 1 N–H and O–H groups in total. The first-order valence-electron chi connectivity index (χ1n) is 6.33. The molecule has 0 saturated carbocycles. The van der Waals surface area contributed by atoms with E-state index in [1.165, 1.54) is 12.1 Å². The molecule has 118 valence electrons. The molecule has 0 saturated heterocycles. The summed E-state index contributed by atoms with van der Waals surface area (Å²) in [5, 5.41) is 0.264. The van der Waals surface area contributed by atoms with Crippen LogP contribution in [0.2, 0.25) is 0 Å². The number of para-hydroxylation sites is 1. The Labute approximate surface area is 135 Å². The number of hydrogen-bond acceptors (Lipinski definition) is 2. The molecule has 0 bridgehead atoms. The molecular formula is C15H7BrF4N2O. The standard InChI is InChI=1S/C15H7BrF4N2O/c16-12-8(15(18,19)20)5-6-9(17)11(12)13-21-10-4-2-1-3-7(10)14(23)22-13/h1-6H,(H,21,22,23). The second-order valence-electron chi connectivity index (χ2n) is 4.71. The van der Waals surface area contributed by atoms with E-state index in [-0.39, 0.29) is 16.7 Å². The van der Waals surface area contributed by atoms with E-state index >= 15 is 0 Å². The first-order valence-corrected chi connectivity index (χ1v) is 7.13. The molecule has 0 aliphatic heterocycles. The van der Waals surface area contributed by atoms with Crippen molar-refractivity contribution in [1.29, 1.82) is 0 Å². The highest BCUT2D eigenvalue weighted by Gasteiger charge is 2.35. The maximum atomic E-state index is 14.1. The molecule has 3 nitrogen and oxygen atoms in total. The first kappa shape index (κ1) is 15.7. The van der Waals surface area contributed by atoms with Crippen molar-refractivity contribution >= 4 is 26.8 Å². The molecule has 0 atom stereocenters. The molecule has 3 rings (SSSR count). The highest BCUT2D eigenvalue weighted by atomic mass is 79.9. The number of nitrogens with zero attached hydrogens (tertiary/aromatic N) is 1. The maximum absolute atomic E-state index is 14.1. The number of fused-ring (bicyclic) bond motifs is 1. The minimum Gasteiger partial charge on any atom is -0.306 e. The third-order valence-corrected chi connectivity index (χ3v) is 4.07. The Balaban J connectivity index is 2.33.